The van der Waals surface area contributed by atoms with Gasteiger partial charge in [-0.1, -0.05) is 66.8 Å². The molecule has 9 heteroatoms. The first-order chi connectivity index (χ1) is 17.7. The van der Waals surface area contributed by atoms with Gasteiger partial charge in [0.15, 0.2) is 5.82 Å². The number of nitrogens with two attached hydrogens (primary N) is 1. The number of carboxylic acid groups (broad SMARTS) is 1. The van der Waals surface area contributed by atoms with E-state index in [4.69, 9.17) is 10.7 Å². The molecule has 2 aromatic rings. The van der Waals surface area contributed by atoms with Gasteiger partial charge in [0.05, 0.1) is 14.6 Å². The molecule has 5 rings (SSSR count). The molecule has 202 valence electrons. The van der Waals surface area contributed by atoms with Crippen molar-refractivity contribution < 1.29 is 9.90 Å². The highest BCUT2D eigenvalue weighted by molar-refractivity contribution is 14.1. The standard InChI is InChI=1S/C28H40IN5O3/c1-27(29,18-21-12-9-16-33(21)20-10-5-3-2-4-6-11-20)34-23-14-8-7-13-22(23)31-24(25(34)35)32-17-15-28(30,19-32)26(36)37/h7-8,13-14,20-21H,2-6,9-12,15-19,30H2,1H3,(H,36,37)/t21-,27-,28?/m0/s1. The number of para-hydroxylation sites is 2. The number of alkyl halides is 1. The van der Waals surface area contributed by atoms with E-state index in [9.17, 15) is 14.7 Å². The maximum atomic E-state index is 14.1. The SMILES string of the molecule is C[C@@](I)(C[C@@H]1CCCN1C1CCCCCCC1)n1c(=O)c(N2CCC(N)(C(=O)O)C2)nc2ccccc21. The van der Waals surface area contributed by atoms with Gasteiger partial charge in [0.25, 0.3) is 5.56 Å². The molecule has 1 saturated carbocycles. The van der Waals surface area contributed by atoms with Crippen molar-refractivity contribution >= 4 is 45.4 Å². The lowest BCUT2D eigenvalue weighted by molar-refractivity contribution is -0.142. The fraction of sp³-hybridized carbons (Fsp3) is 0.679. The number of hydrogen-bond donors (Lipinski definition) is 2. The quantitative estimate of drug-likeness (QED) is 0.363. The van der Waals surface area contributed by atoms with Gasteiger partial charge in [-0.3, -0.25) is 19.1 Å². The van der Waals surface area contributed by atoms with Crippen LogP contribution in [0.5, 0.6) is 0 Å². The molecule has 37 heavy (non-hydrogen) atoms. The Morgan fingerprint density at radius 3 is 2.54 bits per heavy atom. The summed E-state index contributed by atoms with van der Waals surface area (Å²) in [6, 6.07) is 8.89. The topological polar surface area (TPSA) is 105 Å². The fourth-order valence-electron chi connectivity index (χ4n) is 6.82. The van der Waals surface area contributed by atoms with Crippen molar-refractivity contribution in [2.75, 3.05) is 24.5 Å². The molecule has 0 spiro atoms. The van der Waals surface area contributed by atoms with Crippen molar-refractivity contribution in [2.24, 2.45) is 5.73 Å². The predicted molar refractivity (Wildman–Crippen MR) is 156 cm³/mol. The number of carbonyl (C=O) groups is 1. The van der Waals surface area contributed by atoms with E-state index in [1.54, 1.807) is 4.90 Å². The summed E-state index contributed by atoms with van der Waals surface area (Å²) in [5, 5.41) is 9.63. The summed E-state index contributed by atoms with van der Waals surface area (Å²) in [5.41, 5.74) is 6.18. The molecule has 1 aromatic heterocycles. The normalized spacial score (nSPS) is 27.8. The maximum absolute atomic E-state index is 14.1. The molecule has 3 fully saturated rings. The van der Waals surface area contributed by atoms with Gasteiger partial charge in [0.1, 0.15) is 5.54 Å². The number of likely N-dealkylation sites (tertiary alicyclic amines) is 1. The molecule has 8 nitrogen and oxygen atoms in total. The van der Waals surface area contributed by atoms with Crippen LogP contribution in [0.2, 0.25) is 0 Å². The van der Waals surface area contributed by atoms with Crippen molar-refractivity contribution in [3.05, 3.63) is 34.6 Å². The largest absolute Gasteiger partial charge is 0.480 e. The van der Waals surface area contributed by atoms with E-state index in [0.717, 1.165) is 24.0 Å². The molecule has 0 amide bonds. The number of hydrogen-bond acceptors (Lipinski definition) is 6. The van der Waals surface area contributed by atoms with Gasteiger partial charge < -0.3 is 15.7 Å². The van der Waals surface area contributed by atoms with Crippen molar-refractivity contribution in [3.8, 4) is 0 Å². The highest BCUT2D eigenvalue weighted by atomic mass is 127. The van der Waals surface area contributed by atoms with Crippen molar-refractivity contribution in [1.82, 2.24) is 14.5 Å². The highest BCUT2D eigenvalue weighted by Crippen LogP contribution is 2.39. The Labute approximate surface area is 232 Å². The second-order valence-corrected chi connectivity index (χ2v) is 13.9. The predicted octanol–water partition coefficient (Wildman–Crippen LogP) is 4.46. The first-order valence-corrected chi connectivity index (χ1v) is 15.0. The fourth-order valence-corrected chi connectivity index (χ4v) is 7.81. The number of nitrogens with zero attached hydrogens (tertiary/aromatic N) is 4. The van der Waals surface area contributed by atoms with Crippen LogP contribution in [0.3, 0.4) is 0 Å². The Hall–Kier alpha value is -1.72. The summed E-state index contributed by atoms with van der Waals surface area (Å²) in [6.07, 6.45) is 12.8. The average molecular weight is 622 g/mol. The Balaban J connectivity index is 1.48. The second kappa shape index (κ2) is 10.8. The van der Waals surface area contributed by atoms with Crippen LogP contribution >= 0.6 is 22.6 Å². The Bertz CT molecular complexity index is 1190. The van der Waals surface area contributed by atoms with Crippen LogP contribution in [0.25, 0.3) is 11.0 Å². The second-order valence-electron chi connectivity index (χ2n) is 11.6. The summed E-state index contributed by atoms with van der Waals surface area (Å²) in [4.78, 5) is 35.1. The molecule has 3 aliphatic rings. The molecular weight excluding hydrogens is 581 g/mol. The van der Waals surface area contributed by atoms with Gasteiger partial charge in [-0.2, -0.15) is 0 Å². The van der Waals surface area contributed by atoms with Crippen LogP contribution in [-0.4, -0.2) is 62.8 Å². The maximum Gasteiger partial charge on any atom is 0.325 e. The van der Waals surface area contributed by atoms with Crippen LogP contribution in [0, 0.1) is 0 Å². The molecule has 0 radical (unpaired) electrons. The van der Waals surface area contributed by atoms with E-state index in [2.05, 4.69) is 34.4 Å². The Morgan fingerprint density at radius 2 is 1.84 bits per heavy atom. The number of carboxylic acids is 1. The van der Waals surface area contributed by atoms with E-state index in [1.807, 2.05) is 28.8 Å². The molecule has 2 aliphatic heterocycles. The minimum Gasteiger partial charge on any atom is -0.480 e. The minimum atomic E-state index is -1.36. The van der Waals surface area contributed by atoms with Gasteiger partial charge in [-0.05, 0) is 64.1 Å². The zero-order valence-electron chi connectivity index (χ0n) is 21.9. The molecule has 3 atom stereocenters. The van der Waals surface area contributed by atoms with Gasteiger partial charge >= 0.3 is 5.97 Å². The number of benzene rings is 1. The first-order valence-electron chi connectivity index (χ1n) is 13.9. The van der Waals surface area contributed by atoms with Crippen molar-refractivity contribution in [2.45, 2.75) is 98.7 Å². The van der Waals surface area contributed by atoms with Gasteiger partial charge in [-0.25, -0.2) is 4.98 Å². The molecule has 1 aromatic carbocycles. The summed E-state index contributed by atoms with van der Waals surface area (Å²) < 4.78 is 1.45. The molecule has 2 saturated heterocycles. The van der Waals surface area contributed by atoms with Gasteiger partial charge in [-0.15, -0.1) is 0 Å². The number of aromatic nitrogens is 2. The van der Waals surface area contributed by atoms with Gasteiger partial charge in [0.2, 0.25) is 0 Å². The minimum absolute atomic E-state index is 0.0823. The molecule has 1 aliphatic carbocycles. The number of rotatable bonds is 6. The van der Waals surface area contributed by atoms with Crippen LogP contribution in [0.15, 0.2) is 29.1 Å². The Kier molecular flexibility index (Phi) is 7.85. The zero-order valence-corrected chi connectivity index (χ0v) is 24.0. The van der Waals surface area contributed by atoms with E-state index < -0.39 is 15.1 Å². The van der Waals surface area contributed by atoms with Crippen LogP contribution in [0.1, 0.15) is 77.6 Å². The smallest absolute Gasteiger partial charge is 0.325 e. The Morgan fingerprint density at radius 1 is 1.14 bits per heavy atom. The summed E-state index contributed by atoms with van der Waals surface area (Å²) in [6.45, 7) is 3.80. The third kappa shape index (κ3) is 5.41. The van der Waals surface area contributed by atoms with E-state index >= 15 is 0 Å². The monoisotopic (exact) mass is 621 g/mol. The number of fused-ring (bicyclic) bond motifs is 1. The van der Waals surface area contributed by atoms with Crippen LogP contribution in [-0.2, 0) is 8.34 Å². The summed E-state index contributed by atoms with van der Waals surface area (Å²) in [5.74, 6) is -0.733. The lowest BCUT2D eigenvalue weighted by Gasteiger charge is -2.38. The van der Waals surface area contributed by atoms with Crippen molar-refractivity contribution in [3.63, 3.8) is 0 Å². The average Bonchev–Trinajstić information content (AvgIpc) is 3.45. The van der Waals surface area contributed by atoms with Crippen LogP contribution in [0.4, 0.5) is 5.82 Å². The van der Waals surface area contributed by atoms with E-state index in [1.165, 1.54) is 57.8 Å². The summed E-state index contributed by atoms with van der Waals surface area (Å²) in [7, 11) is 0. The molecule has 1 unspecified atom stereocenters. The third-order valence-electron chi connectivity index (χ3n) is 8.81. The molecule has 3 N–H and O–H groups in total. The molecular formula is C28H40IN5O3. The van der Waals surface area contributed by atoms with E-state index in [-0.39, 0.29) is 18.5 Å². The number of halogens is 1. The van der Waals surface area contributed by atoms with E-state index in [0.29, 0.717) is 24.4 Å². The van der Waals surface area contributed by atoms with Crippen molar-refractivity contribution in [1.29, 1.82) is 0 Å². The first kappa shape index (κ1) is 26.9. The summed E-state index contributed by atoms with van der Waals surface area (Å²) >= 11 is 2.47. The van der Waals surface area contributed by atoms with Crippen LogP contribution < -0.4 is 16.2 Å². The number of aliphatic carboxylic acids is 1. The van der Waals surface area contributed by atoms with Gasteiger partial charge in [0, 0.05) is 25.2 Å². The lowest BCUT2D eigenvalue weighted by Crippen LogP contribution is -2.51. The molecule has 0 bridgehead atoms. The highest BCUT2D eigenvalue weighted by Gasteiger charge is 2.43. The third-order valence-corrected chi connectivity index (χ3v) is 9.73. The lowest BCUT2D eigenvalue weighted by atomic mass is 9.94. The zero-order chi connectivity index (χ0) is 26.2. The molecule has 3 heterocycles. The number of anilines is 1.